The summed E-state index contributed by atoms with van der Waals surface area (Å²) in [4.78, 5) is 31.3. The van der Waals surface area contributed by atoms with Gasteiger partial charge in [0.25, 0.3) is 0 Å². The summed E-state index contributed by atoms with van der Waals surface area (Å²) in [6.07, 6.45) is 8.28. The molecule has 0 radical (unpaired) electrons. The van der Waals surface area contributed by atoms with Gasteiger partial charge in [0.15, 0.2) is 0 Å². The highest BCUT2D eigenvalue weighted by Crippen LogP contribution is 2.45. The molecule has 3 saturated carbocycles. The Morgan fingerprint density at radius 1 is 1.17 bits per heavy atom. The third-order valence-electron chi connectivity index (χ3n) is 7.54. The van der Waals surface area contributed by atoms with Crippen LogP contribution in [0.5, 0.6) is 0 Å². The van der Waals surface area contributed by atoms with Crippen molar-refractivity contribution in [3.63, 3.8) is 0 Å². The van der Waals surface area contributed by atoms with Crippen molar-refractivity contribution in [1.82, 2.24) is 19.9 Å². The molecule has 182 valence electrons. The first kappa shape index (κ1) is 22.2. The molecule has 0 aromatic carbocycles. The number of piperazine rings is 1. The molecule has 1 aliphatic heterocycles. The highest BCUT2D eigenvalue weighted by molar-refractivity contribution is 5.82. The summed E-state index contributed by atoms with van der Waals surface area (Å²) in [5.41, 5.74) is 3.15. The Kier molecular flexibility index (Phi) is 5.77. The van der Waals surface area contributed by atoms with Crippen LogP contribution in [0.25, 0.3) is 11.3 Å². The second-order valence-corrected chi connectivity index (χ2v) is 10.3. The van der Waals surface area contributed by atoms with Crippen LogP contribution in [-0.2, 0) is 4.79 Å². The molecule has 4 fully saturated rings. The fourth-order valence-electron chi connectivity index (χ4n) is 5.20. The Labute approximate surface area is 205 Å². The number of carbonyl (C=O) groups excluding carboxylic acids is 1. The van der Waals surface area contributed by atoms with Gasteiger partial charge in [-0.1, -0.05) is 0 Å². The molecular weight excluding hydrogens is 442 g/mol. The summed E-state index contributed by atoms with van der Waals surface area (Å²) in [6, 6.07) is 6.38. The molecule has 0 spiro atoms. The number of aromatic nitrogens is 3. The van der Waals surface area contributed by atoms with E-state index < -0.39 is 0 Å². The maximum absolute atomic E-state index is 12.9. The molecule has 3 heterocycles. The minimum Gasteiger partial charge on any atom is -0.395 e. The molecule has 9 nitrogen and oxygen atoms in total. The standard InChI is InChI=1S/C26H31N7O2/c27-14-19-13-20(21-7-8-28-26(30-21)29-9-12-34)23(17-3-4-17)31-24(19)32-10-11-33(25(35)18-5-6-18)22(15-32)16-1-2-16/h7-8,13,16-18,22,34H,1-6,9-12,15H2,(H,28,29,30). The molecule has 3 aliphatic carbocycles. The van der Waals surface area contributed by atoms with Gasteiger partial charge in [0, 0.05) is 49.8 Å². The number of aliphatic hydroxyl groups is 1. The summed E-state index contributed by atoms with van der Waals surface area (Å²) >= 11 is 0. The Balaban J connectivity index is 1.32. The molecule has 1 unspecified atom stereocenters. The van der Waals surface area contributed by atoms with E-state index in [1.807, 2.05) is 12.1 Å². The third-order valence-corrected chi connectivity index (χ3v) is 7.54. The van der Waals surface area contributed by atoms with Crippen LogP contribution < -0.4 is 10.2 Å². The van der Waals surface area contributed by atoms with Gasteiger partial charge in [0.2, 0.25) is 11.9 Å². The minimum absolute atomic E-state index is 0.00286. The number of anilines is 2. The topological polar surface area (TPSA) is 118 Å². The number of carbonyl (C=O) groups is 1. The number of rotatable bonds is 8. The second kappa shape index (κ2) is 9.08. The van der Waals surface area contributed by atoms with Gasteiger partial charge in [0.1, 0.15) is 11.9 Å². The lowest BCUT2D eigenvalue weighted by molar-refractivity contribution is -0.135. The molecule has 0 bridgehead atoms. The van der Waals surface area contributed by atoms with Crippen LogP contribution in [0.3, 0.4) is 0 Å². The van der Waals surface area contributed by atoms with Crippen LogP contribution in [0.2, 0.25) is 0 Å². The fourth-order valence-corrected chi connectivity index (χ4v) is 5.20. The Bertz CT molecular complexity index is 1170. The van der Waals surface area contributed by atoms with Gasteiger partial charge in [-0.15, -0.1) is 0 Å². The van der Waals surface area contributed by atoms with E-state index in [1.165, 1.54) is 12.8 Å². The van der Waals surface area contributed by atoms with Crippen molar-refractivity contribution in [3.8, 4) is 17.3 Å². The van der Waals surface area contributed by atoms with Crippen LogP contribution in [0.15, 0.2) is 18.3 Å². The Hall–Kier alpha value is -3.25. The molecule has 35 heavy (non-hydrogen) atoms. The summed E-state index contributed by atoms with van der Waals surface area (Å²) in [7, 11) is 0. The SMILES string of the molecule is N#Cc1cc(-c2ccnc(NCCO)n2)c(C2CC2)nc1N1CCN(C(=O)C2CC2)C(C2CC2)C1. The lowest BCUT2D eigenvalue weighted by Crippen LogP contribution is -2.57. The predicted molar refractivity (Wildman–Crippen MR) is 131 cm³/mol. The van der Waals surface area contributed by atoms with Crippen molar-refractivity contribution in [2.75, 3.05) is 43.0 Å². The van der Waals surface area contributed by atoms with Gasteiger partial charge in [0.05, 0.1) is 29.6 Å². The third kappa shape index (κ3) is 4.55. The van der Waals surface area contributed by atoms with Crippen molar-refractivity contribution >= 4 is 17.7 Å². The molecule has 1 atom stereocenters. The number of hydrogen-bond acceptors (Lipinski definition) is 8. The normalized spacial score (nSPS) is 22.1. The number of pyridine rings is 1. The quantitative estimate of drug-likeness (QED) is 0.601. The zero-order valence-electron chi connectivity index (χ0n) is 19.9. The maximum atomic E-state index is 12.9. The maximum Gasteiger partial charge on any atom is 0.226 e. The number of aliphatic hydroxyl groups excluding tert-OH is 1. The zero-order valence-corrected chi connectivity index (χ0v) is 19.9. The van der Waals surface area contributed by atoms with E-state index in [-0.39, 0.29) is 18.6 Å². The zero-order chi connectivity index (χ0) is 23.9. The second-order valence-electron chi connectivity index (χ2n) is 10.3. The van der Waals surface area contributed by atoms with Crippen molar-refractivity contribution in [3.05, 3.63) is 29.6 Å². The summed E-state index contributed by atoms with van der Waals surface area (Å²) in [6.45, 7) is 2.52. The van der Waals surface area contributed by atoms with Crippen LogP contribution in [0.4, 0.5) is 11.8 Å². The van der Waals surface area contributed by atoms with Crippen molar-refractivity contribution in [2.45, 2.75) is 50.5 Å². The number of hydrogen-bond donors (Lipinski definition) is 2. The summed E-state index contributed by atoms with van der Waals surface area (Å²) in [5.74, 6) is 2.70. The van der Waals surface area contributed by atoms with Crippen LogP contribution in [0, 0.1) is 23.2 Å². The first-order valence-corrected chi connectivity index (χ1v) is 12.8. The van der Waals surface area contributed by atoms with E-state index in [2.05, 4.69) is 31.2 Å². The average molecular weight is 474 g/mol. The van der Waals surface area contributed by atoms with Gasteiger partial charge in [-0.3, -0.25) is 4.79 Å². The van der Waals surface area contributed by atoms with Crippen molar-refractivity contribution < 1.29 is 9.90 Å². The largest absolute Gasteiger partial charge is 0.395 e. The smallest absolute Gasteiger partial charge is 0.226 e. The van der Waals surface area contributed by atoms with Crippen LogP contribution in [-0.4, -0.2) is 69.7 Å². The number of nitriles is 1. The monoisotopic (exact) mass is 473 g/mol. The average Bonchev–Trinajstić information content (AvgIpc) is 3.74. The van der Waals surface area contributed by atoms with E-state index in [0.717, 1.165) is 55.0 Å². The lowest BCUT2D eigenvalue weighted by atomic mass is 10.0. The summed E-state index contributed by atoms with van der Waals surface area (Å²) in [5, 5.41) is 22.2. The Morgan fingerprint density at radius 2 is 2.00 bits per heavy atom. The molecule has 1 amide bonds. The molecule has 6 rings (SSSR count). The molecule has 2 aromatic heterocycles. The van der Waals surface area contributed by atoms with Crippen molar-refractivity contribution in [1.29, 1.82) is 5.26 Å². The first-order chi connectivity index (χ1) is 17.2. The molecular formula is C26H31N7O2. The Morgan fingerprint density at radius 3 is 2.69 bits per heavy atom. The van der Waals surface area contributed by atoms with Crippen molar-refractivity contribution in [2.24, 2.45) is 11.8 Å². The molecule has 2 N–H and O–H groups in total. The van der Waals surface area contributed by atoms with Gasteiger partial charge in [-0.25, -0.2) is 15.0 Å². The van der Waals surface area contributed by atoms with E-state index in [1.54, 1.807) is 6.20 Å². The van der Waals surface area contributed by atoms with Gasteiger partial charge in [-0.05, 0) is 56.6 Å². The molecule has 1 saturated heterocycles. The highest BCUT2D eigenvalue weighted by atomic mass is 16.3. The molecule has 9 heteroatoms. The van der Waals surface area contributed by atoms with E-state index in [4.69, 9.17) is 10.1 Å². The van der Waals surface area contributed by atoms with Crippen LogP contribution in [0.1, 0.15) is 55.7 Å². The van der Waals surface area contributed by atoms with E-state index in [9.17, 15) is 10.1 Å². The predicted octanol–water partition coefficient (Wildman–Crippen LogP) is 2.53. The van der Waals surface area contributed by atoms with Gasteiger partial charge < -0.3 is 20.2 Å². The minimum atomic E-state index is -0.00286. The highest BCUT2D eigenvalue weighted by Gasteiger charge is 2.45. The number of amides is 1. The van der Waals surface area contributed by atoms with Crippen LogP contribution >= 0.6 is 0 Å². The van der Waals surface area contributed by atoms with E-state index in [0.29, 0.717) is 48.9 Å². The number of nitrogens with one attached hydrogen (secondary N) is 1. The first-order valence-electron chi connectivity index (χ1n) is 12.8. The van der Waals surface area contributed by atoms with Gasteiger partial charge in [-0.2, -0.15) is 5.26 Å². The fraction of sp³-hybridized carbons (Fsp3) is 0.577. The lowest BCUT2D eigenvalue weighted by Gasteiger charge is -2.43. The number of nitrogens with zero attached hydrogens (tertiary/aromatic N) is 6. The van der Waals surface area contributed by atoms with Gasteiger partial charge >= 0.3 is 0 Å². The molecule has 4 aliphatic rings. The molecule has 2 aromatic rings. The summed E-state index contributed by atoms with van der Waals surface area (Å²) < 4.78 is 0. The van der Waals surface area contributed by atoms with E-state index >= 15 is 0 Å².